The first-order valence-electron chi connectivity index (χ1n) is 8.48. The quantitative estimate of drug-likeness (QED) is 0.790. The molecule has 1 saturated heterocycles. The lowest BCUT2D eigenvalue weighted by atomic mass is 9.96. The van der Waals surface area contributed by atoms with Crippen LogP contribution >= 0.6 is 0 Å². The lowest BCUT2D eigenvalue weighted by Gasteiger charge is -2.30. The van der Waals surface area contributed by atoms with Crippen molar-refractivity contribution >= 4 is 21.9 Å². The first-order valence-corrected chi connectivity index (χ1v) is 9.97. The molecule has 0 radical (unpaired) electrons. The summed E-state index contributed by atoms with van der Waals surface area (Å²) < 4.78 is 27.2. The maximum Gasteiger partial charge on any atom is 0.306 e. The summed E-state index contributed by atoms with van der Waals surface area (Å²) in [5, 5.41) is 9.02. The SMILES string of the molecule is O=C(O)C1CCN(C(=O)c2cccc(S(=O)(=O)NCC3CC3)c2)CC1. The van der Waals surface area contributed by atoms with Crippen LogP contribution in [-0.4, -0.2) is 49.9 Å². The largest absolute Gasteiger partial charge is 0.481 e. The Morgan fingerprint density at radius 2 is 1.84 bits per heavy atom. The number of amides is 1. The van der Waals surface area contributed by atoms with Crippen LogP contribution in [-0.2, 0) is 14.8 Å². The molecule has 0 atom stereocenters. The maximum absolute atomic E-state index is 12.6. The van der Waals surface area contributed by atoms with Gasteiger partial charge in [0.1, 0.15) is 0 Å². The second-order valence-electron chi connectivity index (χ2n) is 6.73. The van der Waals surface area contributed by atoms with Crippen molar-refractivity contribution in [3.05, 3.63) is 29.8 Å². The number of carbonyl (C=O) groups excluding carboxylic acids is 1. The fourth-order valence-electron chi connectivity index (χ4n) is 2.94. The third kappa shape index (κ3) is 4.38. The van der Waals surface area contributed by atoms with E-state index in [1.54, 1.807) is 17.0 Å². The average Bonchev–Trinajstić information content (AvgIpc) is 3.44. The average molecular weight is 366 g/mol. The standard InChI is InChI=1S/C17H22N2O5S/c20-16(19-8-6-13(7-9-19)17(21)22)14-2-1-3-15(10-14)25(23,24)18-11-12-4-5-12/h1-3,10,12-13,18H,4-9,11H2,(H,21,22). The Morgan fingerprint density at radius 3 is 2.44 bits per heavy atom. The molecule has 0 unspecified atom stereocenters. The number of hydrogen-bond acceptors (Lipinski definition) is 4. The third-order valence-electron chi connectivity index (χ3n) is 4.78. The number of piperidine rings is 1. The molecule has 0 aromatic heterocycles. The molecule has 136 valence electrons. The van der Waals surface area contributed by atoms with Crippen LogP contribution in [0.2, 0.25) is 0 Å². The molecular formula is C17H22N2O5S. The number of sulfonamides is 1. The molecule has 1 saturated carbocycles. The van der Waals surface area contributed by atoms with Gasteiger partial charge >= 0.3 is 5.97 Å². The molecule has 1 aromatic rings. The second kappa shape index (κ2) is 7.13. The number of likely N-dealkylation sites (tertiary alicyclic amines) is 1. The van der Waals surface area contributed by atoms with Gasteiger partial charge in [0, 0.05) is 25.2 Å². The summed E-state index contributed by atoms with van der Waals surface area (Å²) in [7, 11) is -3.62. The Labute approximate surface area is 147 Å². The number of aliphatic carboxylic acids is 1. The van der Waals surface area contributed by atoms with E-state index in [9.17, 15) is 18.0 Å². The summed E-state index contributed by atoms with van der Waals surface area (Å²) in [6.45, 7) is 1.17. The van der Waals surface area contributed by atoms with E-state index in [1.165, 1.54) is 12.1 Å². The molecule has 1 aliphatic heterocycles. The summed E-state index contributed by atoms with van der Waals surface area (Å²) in [5.41, 5.74) is 0.308. The number of nitrogens with zero attached hydrogens (tertiary/aromatic N) is 1. The predicted octanol–water partition coefficient (Wildman–Crippen LogP) is 1.31. The minimum absolute atomic E-state index is 0.0828. The highest BCUT2D eigenvalue weighted by Crippen LogP contribution is 2.28. The number of nitrogens with one attached hydrogen (secondary N) is 1. The molecule has 2 aliphatic rings. The number of carbonyl (C=O) groups is 2. The molecule has 1 amide bonds. The molecule has 3 rings (SSSR count). The van der Waals surface area contributed by atoms with E-state index in [0.717, 1.165) is 12.8 Å². The smallest absolute Gasteiger partial charge is 0.306 e. The van der Waals surface area contributed by atoms with Crippen LogP contribution in [0.3, 0.4) is 0 Å². The Balaban J connectivity index is 1.68. The molecule has 0 bridgehead atoms. The van der Waals surface area contributed by atoms with Crippen molar-refractivity contribution in [2.75, 3.05) is 19.6 Å². The predicted molar refractivity (Wildman–Crippen MR) is 90.6 cm³/mol. The highest BCUT2D eigenvalue weighted by Gasteiger charge is 2.28. The van der Waals surface area contributed by atoms with Crippen molar-refractivity contribution in [1.82, 2.24) is 9.62 Å². The minimum atomic E-state index is -3.62. The summed E-state index contributed by atoms with van der Waals surface area (Å²) in [6, 6.07) is 6.01. The van der Waals surface area contributed by atoms with Crippen LogP contribution < -0.4 is 4.72 Å². The van der Waals surface area contributed by atoms with Crippen LogP contribution in [0.1, 0.15) is 36.0 Å². The zero-order valence-corrected chi connectivity index (χ0v) is 14.7. The van der Waals surface area contributed by atoms with Gasteiger partial charge in [-0.2, -0.15) is 0 Å². The van der Waals surface area contributed by atoms with Gasteiger partial charge < -0.3 is 10.0 Å². The molecule has 1 aromatic carbocycles. The number of carboxylic acid groups (broad SMARTS) is 1. The van der Waals surface area contributed by atoms with Crippen molar-refractivity contribution in [2.24, 2.45) is 11.8 Å². The van der Waals surface area contributed by atoms with Gasteiger partial charge in [-0.05, 0) is 49.8 Å². The van der Waals surface area contributed by atoms with Gasteiger partial charge in [-0.3, -0.25) is 9.59 Å². The van der Waals surface area contributed by atoms with Gasteiger partial charge in [0.25, 0.3) is 5.91 Å². The van der Waals surface area contributed by atoms with Crippen molar-refractivity contribution in [2.45, 2.75) is 30.6 Å². The topological polar surface area (TPSA) is 104 Å². The zero-order chi connectivity index (χ0) is 18.0. The first-order chi connectivity index (χ1) is 11.9. The van der Waals surface area contributed by atoms with Gasteiger partial charge in [-0.15, -0.1) is 0 Å². The fraction of sp³-hybridized carbons (Fsp3) is 0.529. The Bertz CT molecular complexity index is 765. The van der Waals surface area contributed by atoms with E-state index in [-0.39, 0.29) is 10.8 Å². The number of carboxylic acids is 1. The molecule has 2 fully saturated rings. The van der Waals surface area contributed by atoms with Gasteiger partial charge in [0.05, 0.1) is 10.8 Å². The van der Waals surface area contributed by atoms with Crippen LogP contribution in [0, 0.1) is 11.8 Å². The first kappa shape index (κ1) is 17.9. The van der Waals surface area contributed by atoms with E-state index in [0.29, 0.717) is 44.0 Å². The molecule has 0 spiro atoms. The highest BCUT2D eigenvalue weighted by atomic mass is 32.2. The van der Waals surface area contributed by atoms with E-state index < -0.39 is 21.9 Å². The summed E-state index contributed by atoms with van der Waals surface area (Å²) in [5.74, 6) is -1.08. The Morgan fingerprint density at radius 1 is 1.16 bits per heavy atom. The van der Waals surface area contributed by atoms with Crippen LogP contribution in [0.4, 0.5) is 0 Å². The molecule has 1 aliphatic carbocycles. The van der Waals surface area contributed by atoms with Crippen LogP contribution in [0.15, 0.2) is 29.2 Å². The fourth-order valence-corrected chi connectivity index (χ4v) is 4.10. The number of rotatable bonds is 6. The second-order valence-corrected chi connectivity index (χ2v) is 8.49. The third-order valence-corrected chi connectivity index (χ3v) is 6.20. The van der Waals surface area contributed by atoms with Crippen LogP contribution in [0.5, 0.6) is 0 Å². The summed E-state index contributed by atoms with van der Waals surface area (Å²) in [6.07, 6.45) is 2.94. The molecule has 7 nitrogen and oxygen atoms in total. The van der Waals surface area contributed by atoms with Crippen molar-refractivity contribution in [1.29, 1.82) is 0 Å². The molecule has 25 heavy (non-hydrogen) atoms. The van der Waals surface area contributed by atoms with E-state index in [4.69, 9.17) is 5.11 Å². The number of benzene rings is 1. The van der Waals surface area contributed by atoms with Gasteiger partial charge in [-0.1, -0.05) is 6.07 Å². The summed E-state index contributed by atoms with van der Waals surface area (Å²) in [4.78, 5) is 25.3. The highest BCUT2D eigenvalue weighted by molar-refractivity contribution is 7.89. The maximum atomic E-state index is 12.6. The van der Waals surface area contributed by atoms with Crippen LogP contribution in [0.25, 0.3) is 0 Å². The monoisotopic (exact) mass is 366 g/mol. The molecule has 8 heteroatoms. The summed E-state index contributed by atoms with van der Waals surface area (Å²) >= 11 is 0. The molecule has 1 heterocycles. The van der Waals surface area contributed by atoms with E-state index in [2.05, 4.69) is 4.72 Å². The lowest BCUT2D eigenvalue weighted by molar-refractivity contribution is -0.143. The zero-order valence-electron chi connectivity index (χ0n) is 13.8. The normalized spacial score (nSPS) is 19.0. The number of hydrogen-bond donors (Lipinski definition) is 2. The van der Waals surface area contributed by atoms with E-state index >= 15 is 0 Å². The molecular weight excluding hydrogens is 344 g/mol. The van der Waals surface area contributed by atoms with Gasteiger partial charge in [0.2, 0.25) is 10.0 Å². The van der Waals surface area contributed by atoms with Crippen molar-refractivity contribution in [3.8, 4) is 0 Å². The van der Waals surface area contributed by atoms with Gasteiger partial charge in [-0.25, -0.2) is 13.1 Å². The Kier molecular flexibility index (Phi) is 5.10. The van der Waals surface area contributed by atoms with Gasteiger partial charge in [0.15, 0.2) is 0 Å². The van der Waals surface area contributed by atoms with Crippen molar-refractivity contribution < 1.29 is 23.1 Å². The van der Waals surface area contributed by atoms with Crippen molar-refractivity contribution in [3.63, 3.8) is 0 Å². The Hall–Kier alpha value is -1.93. The molecule has 2 N–H and O–H groups in total. The lowest BCUT2D eigenvalue weighted by Crippen LogP contribution is -2.40. The van der Waals surface area contributed by atoms with E-state index in [1.807, 2.05) is 0 Å². The minimum Gasteiger partial charge on any atom is -0.481 e.